The van der Waals surface area contributed by atoms with Gasteiger partial charge in [0.1, 0.15) is 17.8 Å². The molecule has 3 aromatic heterocycles. The molecule has 7 heteroatoms. The Balaban J connectivity index is 1.92. The van der Waals surface area contributed by atoms with Crippen LogP contribution in [0.15, 0.2) is 49.2 Å². The molecular formula is C16H13ClN6. The van der Waals surface area contributed by atoms with Crippen molar-refractivity contribution < 1.29 is 0 Å². The van der Waals surface area contributed by atoms with Gasteiger partial charge in [-0.05, 0) is 17.7 Å². The van der Waals surface area contributed by atoms with E-state index in [1.165, 1.54) is 6.33 Å². The van der Waals surface area contributed by atoms with Crippen molar-refractivity contribution in [3.05, 3.63) is 59.8 Å². The van der Waals surface area contributed by atoms with Gasteiger partial charge in [-0.15, -0.1) is 0 Å². The summed E-state index contributed by atoms with van der Waals surface area (Å²) >= 11 is 5.98. The largest absolute Gasteiger partial charge is 0.383 e. The summed E-state index contributed by atoms with van der Waals surface area (Å²) < 4.78 is 2.04. The Hall–Kier alpha value is -2.86. The molecule has 3 heterocycles. The summed E-state index contributed by atoms with van der Waals surface area (Å²) in [5.74, 6) is 0.464. The van der Waals surface area contributed by atoms with Crippen molar-refractivity contribution in [2.75, 3.05) is 5.73 Å². The monoisotopic (exact) mass is 324 g/mol. The summed E-state index contributed by atoms with van der Waals surface area (Å²) in [7, 11) is 0. The summed E-state index contributed by atoms with van der Waals surface area (Å²) in [5, 5.41) is 8.34. The zero-order valence-corrected chi connectivity index (χ0v) is 12.8. The first-order valence-electron chi connectivity index (χ1n) is 7.05. The quantitative estimate of drug-likeness (QED) is 0.606. The second-order valence-electron chi connectivity index (χ2n) is 5.24. The highest BCUT2D eigenvalue weighted by Crippen LogP contribution is 2.33. The van der Waals surface area contributed by atoms with E-state index in [9.17, 15) is 0 Å². The average Bonchev–Trinajstić information content (AvgIpc) is 3.18. The maximum Gasteiger partial charge on any atom is 0.146 e. The number of nitrogens with two attached hydrogens (primary N) is 1. The summed E-state index contributed by atoms with van der Waals surface area (Å²) in [5.41, 5.74) is 9.96. The molecule has 0 unspecified atom stereocenters. The maximum atomic E-state index is 6.10. The molecule has 0 spiro atoms. The van der Waals surface area contributed by atoms with Crippen LogP contribution in [0.1, 0.15) is 5.56 Å². The molecule has 6 nitrogen and oxygen atoms in total. The van der Waals surface area contributed by atoms with Gasteiger partial charge in [0.05, 0.1) is 18.1 Å². The van der Waals surface area contributed by atoms with Gasteiger partial charge in [0.25, 0.3) is 0 Å². The van der Waals surface area contributed by atoms with Crippen LogP contribution >= 0.6 is 11.6 Å². The summed E-state index contributed by atoms with van der Waals surface area (Å²) in [6.07, 6.45) is 7.16. The average molecular weight is 325 g/mol. The van der Waals surface area contributed by atoms with E-state index in [1.54, 1.807) is 6.20 Å². The van der Waals surface area contributed by atoms with Crippen molar-refractivity contribution in [1.29, 1.82) is 0 Å². The molecular weight excluding hydrogens is 312 g/mol. The smallest absolute Gasteiger partial charge is 0.146 e. The highest BCUT2D eigenvalue weighted by molar-refractivity contribution is 6.30. The summed E-state index contributed by atoms with van der Waals surface area (Å²) in [6.45, 7) is 0.650. The molecule has 0 atom stereocenters. The van der Waals surface area contributed by atoms with Crippen molar-refractivity contribution in [1.82, 2.24) is 24.7 Å². The van der Waals surface area contributed by atoms with Crippen LogP contribution in [0.4, 0.5) is 5.82 Å². The summed E-state index contributed by atoms with van der Waals surface area (Å²) in [4.78, 5) is 8.53. The molecule has 114 valence electrons. The Bertz CT molecular complexity index is 956. The number of H-pyrrole nitrogens is 1. The molecule has 4 aromatic rings. The van der Waals surface area contributed by atoms with Gasteiger partial charge in [0, 0.05) is 28.5 Å². The predicted octanol–water partition coefficient (Wildman–Crippen LogP) is 3.11. The minimum absolute atomic E-state index is 0.464. The standard InChI is InChI=1S/C16H13ClN6/c17-12-3-1-11(2-4-12)13-8-23(7-10-5-21-22-6-10)16-14(13)15(18)19-9-20-16/h1-6,8-9H,7H2,(H,21,22)(H2,18,19,20). The first kappa shape index (κ1) is 13.8. The van der Waals surface area contributed by atoms with Crippen molar-refractivity contribution in [3.8, 4) is 11.1 Å². The number of benzene rings is 1. The van der Waals surface area contributed by atoms with E-state index in [1.807, 2.05) is 41.2 Å². The normalized spacial score (nSPS) is 11.2. The Labute approximate surface area is 136 Å². The van der Waals surface area contributed by atoms with Crippen LogP contribution in [0.5, 0.6) is 0 Å². The van der Waals surface area contributed by atoms with Gasteiger partial charge in [0.2, 0.25) is 0 Å². The van der Waals surface area contributed by atoms with E-state index in [-0.39, 0.29) is 0 Å². The predicted molar refractivity (Wildman–Crippen MR) is 90.1 cm³/mol. The van der Waals surface area contributed by atoms with Crippen LogP contribution < -0.4 is 5.73 Å². The first-order valence-corrected chi connectivity index (χ1v) is 7.43. The maximum absolute atomic E-state index is 6.10. The number of rotatable bonds is 3. The minimum atomic E-state index is 0.464. The van der Waals surface area contributed by atoms with E-state index < -0.39 is 0 Å². The van der Waals surface area contributed by atoms with Crippen LogP contribution in [0, 0.1) is 0 Å². The molecule has 0 saturated heterocycles. The SMILES string of the molecule is Nc1ncnc2c1c(-c1ccc(Cl)cc1)cn2Cc1cn[nH]c1. The molecule has 0 saturated carbocycles. The van der Waals surface area contributed by atoms with Crippen LogP contribution in [-0.2, 0) is 6.54 Å². The molecule has 3 N–H and O–H groups in total. The topological polar surface area (TPSA) is 85.4 Å². The number of anilines is 1. The lowest BCUT2D eigenvalue weighted by Crippen LogP contribution is -1.99. The molecule has 23 heavy (non-hydrogen) atoms. The fourth-order valence-corrected chi connectivity index (χ4v) is 2.80. The van der Waals surface area contributed by atoms with Gasteiger partial charge in [-0.1, -0.05) is 23.7 Å². The lowest BCUT2D eigenvalue weighted by Gasteiger charge is -2.02. The zero-order valence-electron chi connectivity index (χ0n) is 12.1. The van der Waals surface area contributed by atoms with E-state index in [0.717, 1.165) is 27.7 Å². The third-order valence-electron chi connectivity index (χ3n) is 3.75. The Morgan fingerprint density at radius 3 is 2.74 bits per heavy atom. The van der Waals surface area contributed by atoms with Gasteiger partial charge < -0.3 is 10.3 Å². The van der Waals surface area contributed by atoms with Crippen molar-refractivity contribution in [2.24, 2.45) is 0 Å². The van der Waals surface area contributed by atoms with Crippen molar-refractivity contribution in [3.63, 3.8) is 0 Å². The second-order valence-corrected chi connectivity index (χ2v) is 5.68. The number of aromatic amines is 1. The zero-order chi connectivity index (χ0) is 15.8. The third kappa shape index (κ3) is 2.43. The second kappa shape index (κ2) is 5.40. The summed E-state index contributed by atoms with van der Waals surface area (Å²) in [6, 6.07) is 7.64. The lowest BCUT2D eigenvalue weighted by molar-refractivity contribution is 0.825. The van der Waals surface area contributed by atoms with Crippen LogP contribution in [-0.4, -0.2) is 24.7 Å². The van der Waals surface area contributed by atoms with Gasteiger partial charge in [-0.25, -0.2) is 9.97 Å². The number of hydrogen-bond acceptors (Lipinski definition) is 4. The minimum Gasteiger partial charge on any atom is -0.383 e. The van der Waals surface area contributed by atoms with E-state index in [2.05, 4.69) is 20.2 Å². The van der Waals surface area contributed by atoms with E-state index in [0.29, 0.717) is 17.4 Å². The lowest BCUT2D eigenvalue weighted by atomic mass is 10.1. The van der Waals surface area contributed by atoms with Gasteiger partial charge in [-0.3, -0.25) is 5.10 Å². The molecule has 0 aliphatic carbocycles. The number of fused-ring (bicyclic) bond motifs is 1. The fraction of sp³-hybridized carbons (Fsp3) is 0.0625. The van der Waals surface area contributed by atoms with Crippen LogP contribution in [0.2, 0.25) is 5.02 Å². The highest BCUT2D eigenvalue weighted by atomic mass is 35.5. The van der Waals surface area contributed by atoms with Gasteiger partial charge >= 0.3 is 0 Å². The van der Waals surface area contributed by atoms with Crippen molar-refractivity contribution >= 4 is 28.5 Å². The van der Waals surface area contributed by atoms with E-state index >= 15 is 0 Å². The van der Waals surface area contributed by atoms with Crippen LogP contribution in [0.25, 0.3) is 22.2 Å². The third-order valence-corrected chi connectivity index (χ3v) is 4.00. The van der Waals surface area contributed by atoms with Gasteiger partial charge in [-0.2, -0.15) is 5.10 Å². The van der Waals surface area contributed by atoms with E-state index in [4.69, 9.17) is 17.3 Å². The Kier molecular flexibility index (Phi) is 3.24. The van der Waals surface area contributed by atoms with Crippen LogP contribution in [0.3, 0.4) is 0 Å². The number of hydrogen-bond donors (Lipinski definition) is 2. The highest BCUT2D eigenvalue weighted by Gasteiger charge is 2.15. The number of nitrogens with one attached hydrogen (secondary N) is 1. The molecule has 0 amide bonds. The fourth-order valence-electron chi connectivity index (χ4n) is 2.68. The molecule has 0 fully saturated rings. The molecule has 0 bridgehead atoms. The molecule has 0 aliphatic rings. The molecule has 4 rings (SSSR count). The molecule has 0 radical (unpaired) electrons. The first-order chi connectivity index (χ1) is 11.2. The molecule has 0 aliphatic heterocycles. The van der Waals surface area contributed by atoms with Gasteiger partial charge in [0.15, 0.2) is 0 Å². The number of nitrogen functional groups attached to an aromatic ring is 1. The molecule has 1 aromatic carbocycles. The number of halogens is 1. The van der Waals surface area contributed by atoms with Crippen molar-refractivity contribution in [2.45, 2.75) is 6.54 Å². The number of aromatic nitrogens is 5. The Morgan fingerprint density at radius 1 is 1.17 bits per heavy atom. The Morgan fingerprint density at radius 2 is 2.00 bits per heavy atom. The number of nitrogens with zero attached hydrogens (tertiary/aromatic N) is 4.